The Bertz CT molecular complexity index is 326. The molecule has 0 saturated heterocycles. The van der Waals surface area contributed by atoms with Crippen molar-refractivity contribution < 1.29 is 4.74 Å². The van der Waals surface area contributed by atoms with E-state index < -0.39 is 0 Å². The molecule has 1 rings (SSSR count). The zero-order chi connectivity index (χ0) is 12.0. The van der Waals surface area contributed by atoms with Gasteiger partial charge in [0, 0.05) is 18.3 Å². The summed E-state index contributed by atoms with van der Waals surface area (Å²) in [6.45, 7) is 9.81. The Kier molecular flexibility index (Phi) is 5.02. The second kappa shape index (κ2) is 6.30. The Morgan fingerprint density at radius 3 is 2.75 bits per heavy atom. The minimum absolute atomic E-state index is 0.627. The summed E-state index contributed by atoms with van der Waals surface area (Å²) in [5.74, 6) is 1.98. The van der Waals surface area contributed by atoms with E-state index in [0.29, 0.717) is 24.4 Å². The number of hydrogen-bond acceptors (Lipinski definition) is 4. The van der Waals surface area contributed by atoms with Gasteiger partial charge in [0.1, 0.15) is 0 Å². The number of aromatic nitrogens is 2. The molecule has 0 amide bonds. The summed E-state index contributed by atoms with van der Waals surface area (Å²) in [6.07, 6.45) is 1.11. The summed E-state index contributed by atoms with van der Waals surface area (Å²) < 4.78 is 5.36. The van der Waals surface area contributed by atoms with E-state index >= 15 is 0 Å². The van der Waals surface area contributed by atoms with Crippen molar-refractivity contribution in [1.82, 2.24) is 9.97 Å². The van der Waals surface area contributed by atoms with Crippen LogP contribution >= 0.6 is 0 Å². The number of nitrogens with zero attached hydrogens (tertiary/aromatic N) is 2. The molecule has 0 radical (unpaired) electrons. The molecule has 0 aliphatic rings. The third-order valence-corrected chi connectivity index (χ3v) is 2.13. The standard InChI is InChI=1S/C12H21N3O/c1-5-16-11-8-10(4)14-12(15-11)13-7-6-9(2)3/h8-9H,5-7H2,1-4H3,(H,13,14,15). The molecular formula is C12H21N3O. The van der Waals surface area contributed by atoms with Crippen molar-refractivity contribution in [1.29, 1.82) is 0 Å². The monoisotopic (exact) mass is 223 g/mol. The minimum Gasteiger partial charge on any atom is -0.478 e. The normalized spacial score (nSPS) is 10.6. The molecule has 0 aromatic carbocycles. The number of hydrogen-bond donors (Lipinski definition) is 1. The highest BCUT2D eigenvalue weighted by atomic mass is 16.5. The third-order valence-electron chi connectivity index (χ3n) is 2.13. The van der Waals surface area contributed by atoms with E-state index in [1.54, 1.807) is 0 Å². The van der Waals surface area contributed by atoms with Gasteiger partial charge in [-0.3, -0.25) is 0 Å². The first-order valence-electron chi connectivity index (χ1n) is 5.84. The molecule has 1 N–H and O–H groups in total. The van der Waals surface area contributed by atoms with E-state index in [4.69, 9.17) is 4.74 Å². The summed E-state index contributed by atoms with van der Waals surface area (Å²) in [6, 6.07) is 1.84. The van der Waals surface area contributed by atoms with Crippen LogP contribution in [0.3, 0.4) is 0 Å². The van der Waals surface area contributed by atoms with Crippen molar-refractivity contribution in [2.75, 3.05) is 18.5 Å². The lowest BCUT2D eigenvalue weighted by Crippen LogP contribution is -2.09. The smallest absolute Gasteiger partial charge is 0.226 e. The highest BCUT2D eigenvalue weighted by Crippen LogP contribution is 2.12. The fourth-order valence-corrected chi connectivity index (χ4v) is 1.31. The molecule has 0 atom stereocenters. The second-order valence-corrected chi connectivity index (χ2v) is 4.21. The molecule has 0 bridgehead atoms. The number of anilines is 1. The van der Waals surface area contributed by atoms with Crippen LogP contribution in [0.2, 0.25) is 0 Å². The summed E-state index contributed by atoms with van der Waals surface area (Å²) in [7, 11) is 0. The first-order valence-corrected chi connectivity index (χ1v) is 5.84. The Hall–Kier alpha value is -1.32. The highest BCUT2D eigenvalue weighted by Gasteiger charge is 2.02. The molecule has 16 heavy (non-hydrogen) atoms. The molecule has 0 unspecified atom stereocenters. The summed E-state index contributed by atoms with van der Waals surface area (Å²) in [4.78, 5) is 8.59. The van der Waals surface area contributed by atoms with Crippen molar-refractivity contribution >= 4 is 5.95 Å². The molecule has 1 aromatic rings. The molecular weight excluding hydrogens is 202 g/mol. The van der Waals surface area contributed by atoms with Crippen LogP contribution in [0.4, 0.5) is 5.95 Å². The zero-order valence-electron chi connectivity index (χ0n) is 10.6. The predicted octanol–water partition coefficient (Wildman–Crippen LogP) is 2.64. The first-order chi connectivity index (χ1) is 7.61. The van der Waals surface area contributed by atoms with Crippen LogP contribution in [0.15, 0.2) is 6.07 Å². The van der Waals surface area contributed by atoms with Gasteiger partial charge in [-0.2, -0.15) is 4.98 Å². The lowest BCUT2D eigenvalue weighted by Gasteiger charge is -2.09. The zero-order valence-corrected chi connectivity index (χ0v) is 10.6. The maximum absolute atomic E-state index is 5.36. The van der Waals surface area contributed by atoms with E-state index in [1.165, 1.54) is 0 Å². The molecule has 0 fully saturated rings. The maximum atomic E-state index is 5.36. The maximum Gasteiger partial charge on any atom is 0.226 e. The molecule has 1 heterocycles. The SMILES string of the molecule is CCOc1cc(C)nc(NCCC(C)C)n1. The number of rotatable bonds is 6. The van der Waals surface area contributed by atoms with Crippen molar-refractivity contribution in [3.05, 3.63) is 11.8 Å². The van der Waals surface area contributed by atoms with Gasteiger partial charge in [-0.1, -0.05) is 13.8 Å². The highest BCUT2D eigenvalue weighted by molar-refractivity contribution is 5.30. The van der Waals surface area contributed by atoms with Crippen LogP contribution in [-0.2, 0) is 0 Å². The van der Waals surface area contributed by atoms with Gasteiger partial charge in [0.15, 0.2) is 0 Å². The van der Waals surface area contributed by atoms with Crippen molar-refractivity contribution in [2.24, 2.45) is 5.92 Å². The Morgan fingerprint density at radius 1 is 1.38 bits per heavy atom. The second-order valence-electron chi connectivity index (χ2n) is 4.21. The molecule has 0 saturated carbocycles. The van der Waals surface area contributed by atoms with Gasteiger partial charge in [-0.15, -0.1) is 0 Å². The van der Waals surface area contributed by atoms with Crippen molar-refractivity contribution in [2.45, 2.75) is 34.1 Å². The fraction of sp³-hybridized carbons (Fsp3) is 0.667. The molecule has 4 heteroatoms. The van der Waals surface area contributed by atoms with Gasteiger partial charge in [0.05, 0.1) is 6.61 Å². The summed E-state index contributed by atoms with van der Waals surface area (Å²) in [5, 5.41) is 3.21. The van der Waals surface area contributed by atoms with E-state index in [9.17, 15) is 0 Å². The van der Waals surface area contributed by atoms with E-state index in [0.717, 1.165) is 18.7 Å². The van der Waals surface area contributed by atoms with Crippen LogP contribution in [-0.4, -0.2) is 23.1 Å². The van der Waals surface area contributed by atoms with E-state index in [1.807, 2.05) is 19.9 Å². The van der Waals surface area contributed by atoms with Crippen LogP contribution in [0.25, 0.3) is 0 Å². The quantitative estimate of drug-likeness (QED) is 0.805. The number of aryl methyl sites for hydroxylation is 1. The Labute approximate surface area is 97.5 Å². The van der Waals surface area contributed by atoms with Gasteiger partial charge < -0.3 is 10.1 Å². The lowest BCUT2D eigenvalue weighted by atomic mass is 10.1. The minimum atomic E-state index is 0.627. The van der Waals surface area contributed by atoms with Gasteiger partial charge in [0.2, 0.25) is 11.8 Å². The van der Waals surface area contributed by atoms with E-state index in [-0.39, 0.29) is 0 Å². The number of ether oxygens (including phenoxy) is 1. The molecule has 0 aliphatic heterocycles. The lowest BCUT2D eigenvalue weighted by molar-refractivity contribution is 0.326. The van der Waals surface area contributed by atoms with Crippen LogP contribution in [0.1, 0.15) is 32.9 Å². The molecule has 90 valence electrons. The molecule has 0 spiro atoms. The first kappa shape index (κ1) is 12.7. The summed E-state index contributed by atoms with van der Waals surface area (Å²) in [5.41, 5.74) is 0.922. The summed E-state index contributed by atoms with van der Waals surface area (Å²) >= 11 is 0. The Morgan fingerprint density at radius 2 is 2.12 bits per heavy atom. The fourth-order valence-electron chi connectivity index (χ4n) is 1.31. The van der Waals surface area contributed by atoms with Crippen molar-refractivity contribution in [3.8, 4) is 5.88 Å². The molecule has 1 aromatic heterocycles. The molecule has 0 aliphatic carbocycles. The molecule has 4 nitrogen and oxygen atoms in total. The van der Waals surface area contributed by atoms with Gasteiger partial charge in [-0.05, 0) is 26.2 Å². The average Bonchev–Trinajstić information content (AvgIpc) is 2.16. The number of nitrogens with one attached hydrogen (secondary N) is 1. The van der Waals surface area contributed by atoms with E-state index in [2.05, 4.69) is 29.1 Å². The average molecular weight is 223 g/mol. The Balaban J connectivity index is 2.58. The van der Waals surface area contributed by atoms with Crippen molar-refractivity contribution in [3.63, 3.8) is 0 Å². The largest absolute Gasteiger partial charge is 0.478 e. The van der Waals surface area contributed by atoms with Gasteiger partial charge >= 0.3 is 0 Å². The predicted molar refractivity (Wildman–Crippen MR) is 65.9 cm³/mol. The van der Waals surface area contributed by atoms with Gasteiger partial charge in [0.25, 0.3) is 0 Å². The van der Waals surface area contributed by atoms with Crippen LogP contribution in [0.5, 0.6) is 5.88 Å². The third kappa shape index (κ3) is 4.47. The van der Waals surface area contributed by atoms with Crippen LogP contribution < -0.4 is 10.1 Å². The van der Waals surface area contributed by atoms with Gasteiger partial charge in [-0.25, -0.2) is 4.98 Å². The van der Waals surface area contributed by atoms with Crippen LogP contribution in [0, 0.1) is 12.8 Å². The topological polar surface area (TPSA) is 47.0 Å².